The average molecular weight is 1190 g/mol. The van der Waals surface area contributed by atoms with E-state index in [2.05, 4.69) is 253 Å². The third-order valence-electron chi connectivity index (χ3n) is 16.0. The molecule has 0 radical (unpaired) electrons. The highest BCUT2D eigenvalue weighted by molar-refractivity contribution is 6.30. The second-order valence-electron chi connectivity index (χ2n) is 21.1. The molecule has 0 bridgehead atoms. The Morgan fingerprint density at radius 2 is 0.729 bits per heavy atom. The number of tetrazole rings is 2. The Labute approximate surface area is 511 Å². The molecular formula is C73H60BrClN10. The van der Waals surface area contributed by atoms with Crippen molar-refractivity contribution >= 4 is 11.6 Å². The lowest BCUT2D eigenvalue weighted by atomic mass is 9.77. The van der Waals surface area contributed by atoms with Gasteiger partial charge in [-0.3, -0.25) is 0 Å². The Morgan fingerprint density at radius 1 is 0.400 bits per heavy atom. The summed E-state index contributed by atoms with van der Waals surface area (Å²) in [4.78, 5) is 3.56. The van der Waals surface area contributed by atoms with Crippen molar-refractivity contribution in [3.63, 3.8) is 0 Å². The molecule has 0 aliphatic carbocycles. The van der Waals surface area contributed by atoms with E-state index in [4.69, 9.17) is 42.4 Å². The first kappa shape index (κ1) is 55.8. The molecule has 0 spiro atoms. The molecule has 0 aliphatic heterocycles. The number of imidazole rings is 1. The van der Waals surface area contributed by atoms with Gasteiger partial charge in [-0.25, -0.2) is 9.13 Å². The van der Waals surface area contributed by atoms with E-state index in [9.17, 15) is 0 Å². The smallest absolute Gasteiger partial charge is 0.245 e. The predicted octanol–water partition coefficient (Wildman–Crippen LogP) is 12.2. The minimum atomic E-state index is -0.882. The van der Waals surface area contributed by atoms with Crippen LogP contribution in [0.25, 0.3) is 45.0 Å². The zero-order chi connectivity index (χ0) is 56.7. The number of hydrogen-bond donors (Lipinski definition) is 0. The van der Waals surface area contributed by atoms with Crippen LogP contribution in [-0.4, -0.2) is 45.0 Å². The summed E-state index contributed by atoms with van der Waals surface area (Å²) in [5, 5.41) is 30.5. The Morgan fingerprint density at radius 3 is 1.08 bits per heavy atom. The van der Waals surface area contributed by atoms with Crippen molar-refractivity contribution in [2.24, 2.45) is 0 Å². The molecule has 10 nitrogen and oxygen atoms in total. The number of aromatic nitrogens is 10. The van der Waals surface area contributed by atoms with Crippen molar-refractivity contribution in [2.45, 2.75) is 50.4 Å². The summed E-state index contributed by atoms with van der Waals surface area (Å²) in [5.41, 5.74) is 13.8. The lowest BCUT2D eigenvalue weighted by Crippen LogP contribution is -3.00. The third kappa shape index (κ3) is 10.7. The summed E-state index contributed by atoms with van der Waals surface area (Å²) in [6.45, 7) is 3.50. The van der Waals surface area contributed by atoms with Crippen molar-refractivity contribution in [1.82, 2.24) is 45.0 Å². The number of rotatable bonds is 19. The summed E-state index contributed by atoms with van der Waals surface area (Å²) < 4.78 is 4.48. The van der Waals surface area contributed by atoms with Gasteiger partial charge in [-0.15, -0.1) is 30.0 Å². The van der Waals surface area contributed by atoms with Crippen LogP contribution in [0.2, 0.25) is 5.15 Å². The third-order valence-corrected chi connectivity index (χ3v) is 16.5. The molecule has 0 unspecified atom stereocenters. The molecule has 10 aromatic carbocycles. The number of unbranched alkanes of at least 4 members (excludes halogenated alkanes) is 1. The van der Waals surface area contributed by atoms with E-state index in [0.29, 0.717) is 24.7 Å². The van der Waals surface area contributed by atoms with E-state index >= 15 is 0 Å². The standard InChI is InChI=1S/C73H60ClN10.BrH/c1-2-3-42-68-69(74)82(52-55-45-49-57(50-46-55)65-39-23-25-41-67(65)71-76-80-84(78-71)73(61-32-16-7-17-33-61,62-34-18-8-19-35-62)63-36-20-9-21-37-63)53-81(68)51-54-43-47-56(48-44-54)64-38-22-24-40-66(64)70-75-79-83(77-70)72(58-26-10-4-11-27-58,59-28-12-5-13-29-59)60-30-14-6-15-31-60;/h4-41,43-50,53H,2-3,42,51-52H2,1H3;1H/q+1;/p-1. The molecular weight excluding hydrogens is 1130 g/mol. The van der Waals surface area contributed by atoms with Crippen LogP contribution in [0.5, 0.6) is 0 Å². The van der Waals surface area contributed by atoms with E-state index in [1.54, 1.807) is 9.59 Å². The summed E-state index contributed by atoms with van der Waals surface area (Å²) in [6, 6.07) is 96.7. The lowest BCUT2D eigenvalue weighted by molar-refractivity contribution is -0.695. The number of halogens is 2. The highest BCUT2D eigenvalue weighted by Gasteiger charge is 2.43. The molecule has 0 aliphatic rings. The molecule has 0 amide bonds. The predicted molar refractivity (Wildman–Crippen MR) is 333 cm³/mol. The first-order chi connectivity index (χ1) is 41.5. The van der Waals surface area contributed by atoms with Gasteiger partial charge in [0.1, 0.15) is 13.1 Å². The van der Waals surface area contributed by atoms with Gasteiger partial charge in [0.25, 0.3) is 0 Å². The molecule has 3 heterocycles. The van der Waals surface area contributed by atoms with Gasteiger partial charge in [0.05, 0.1) is 0 Å². The van der Waals surface area contributed by atoms with Crippen LogP contribution in [0.3, 0.4) is 0 Å². The van der Waals surface area contributed by atoms with Gasteiger partial charge < -0.3 is 17.0 Å². The Kier molecular flexibility index (Phi) is 16.4. The SMILES string of the molecule is CCCCc1c(Cl)n(Cc2ccc(-c3ccccc3-c3nnn(C(c4ccccc4)(c4ccccc4)c4ccccc4)n3)cc2)c[n+]1Cc1ccc(-c2ccccc2-c2nnn(C(c3ccccc3)(c3ccccc3)c3ccccc3)n2)cc1.[Br-]. The largest absolute Gasteiger partial charge is 1.00 e. The molecule has 416 valence electrons. The molecule has 13 rings (SSSR count). The van der Waals surface area contributed by atoms with E-state index < -0.39 is 11.1 Å². The average Bonchev–Trinajstić information content (AvgIpc) is 3.60. The highest BCUT2D eigenvalue weighted by Crippen LogP contribution is 2.43. The van der Waals surface area contributed by atoms with Crippen LogP contribution in [0, 0.1) is 0 Å². The maximum Gasteiger partial charge on any atom is 0.245 e. The van der Waals surface area contributed by atoms with Crippen molar-refractivity contribution < 1.29 is 21.5 Å². The van der Waals surface area contributed by atoms with Gasteiger partial charge in [-0.05, 0) is 95.2 Å². The minimum absolute atomic E-state index is 0. The summed E-state index contributed by atoms with van der Waals surface area (Å²) in [6.07, 6.45) is 5.14. The van der Waals surface area contributed by atoms with Crippen LogP contribution in [0.4, 0.5) is 0 Å². The van der Waals surface area contributed by atoms with Gasteiger partial charge in [0.2, 0.25) is 23.1 Å². The van der Waals surface area contributed by atoms with Gasteiger partial charge in [-0.1, -0.05) is 292 Å². The first-order valence-electron chi connectivity index (χ1n) is 28.6. The fourth-order valence-electron chi connectivity index (χ4n) is 11.9. The Bertz CT molecular complexity index is 4100. The molecule has 0 saturated heterocycles. The number of nitrogens with zero attached hydrogens (tertiary/aromatic N) is 10. The van der Waals surface area contributed by atoms with Crippen LogP contribution < -0.4 is 21.5 Å². The van der Waals surface area contributed by atoms with Gasteiger partial charge in [-0.2, -0.15) is 0 Å². The molecule has 0 saturated carbocycles. The normalized spacial score (nSPS) is 11.6. The quantitative estimate of drug-likeness (QED) is 0.0591. The number of benzene rings is 10. The maximum atomic E-state index is 7.37. The van der Waals surface area contributed by atoms with Gasteiger partial charge in [0.15, 0.2) is 16.8 Å². The van der Waals surface area contributed by atoms with Crippen LogP contribution >= 0.6 is 11.6 Å². The first-order valence-corrected chi connectivity index (χ1v) is 29.0. The molecule has 0 N–H and O–H groups in total. The Hall–Kier alpha value is -9.68. The molecule has 85 heavy (non-hydrogen) atoms. The monoisotopic (exact) mass is 1190 g/mol. The van der Waals surface area contributed by atoms with Crippen LogP contribution in [0.15, 0.2) is 285 Å². The van der Waals surface area contributed by atoms with Gasteiger partial charge >= 0.3 is 0 Å². The van der Waals surface area contributed by atoms with E-state index in [1.807, 2.05) is 48.5 Å². The molecule has 13 aromatic rings. The van der Waals surface area contributed by atoms with Crippen molar-refractivity contribution in [2.75, 3.05) is 0 Å². The van der Waals surface area contributed by atoms with Crippen LogP contribution in [0.1, 0.15) is 70.0 Å². The van der Waals surface area contributed by atoms with Crippen molar-refractivity contribution in [3.8, 4) is 45.0 Å². The van der Waals surface area contributed by atoms with E-state index in [0.717, 1.165) is 102 Å². The highest BCUT2D eigenvalue weighted by atomic mass is 79.9. The lowest BCUT2D eigenvalue weighted by Gasteiger charge is -2.34. The zero-order valence-electron chi connectivity index (χ0n) is 46.9. The zero-order valence-corrected chi connectivity index (χ0v) is 49.2. The number of hydrogen-bond acceptors (Lipinski definition) is 6. The van der Waals surface area contributed by atoms with E-state index in [-0.39, 0.29) is 17.0 Å². The maximum absolute atomic E-state index is 7.37. The second kappa shape index (κ2) is 25.0. The summed E-state index contributed by atoms with van der Waals surface area (Å²) >= 11 is 7.37. The van der Waals surface area contributed by atoms with Crippen LogP contribution in [-0.2, 0) is 30.6 Å². The van der Waals surface area contributed by atoms with Gasteiger partial charge in [0, 0.05) is 17.5 Å². The van der Waals surface area contributed by atoms with E-state index in [1.165, 1.54) is 5.56 Å². The molecule has 0 atom stereocenters. The summed E-state index contributed by atoms with van der Waals surface area (Å²) in [7, 11) is 0. The second-order valence-corrected chi connectivity index (χ2v) is 21.5. The summed E-state index contributed by atoms with van der Waals surface area (Å²) in [5.74, 6) is 1.08. The van der Waals surface area contributed by atoms with Crippen molar-refractivity contribution in [1.29, 1.82) is 0 Å². The fraction of sp³-hybridized carbons (Fsp3) is 0.110. The molecule has 3 aromatic heterocycles. The Balaban J connectivity index is 0.00000709. The van der Waals surface area contributed by atoms with Crippen molar-refractivity contribution in [3.05, 3.63) is 341 Å². The molecule has 12 heteroatoms. The topological polar surface area (TPSA) is 96.0 Å². The minimum Gasteiger partial charge on any atom is -1.00 e. The molecule has 0 fully saturated rings. The fourth-order valence-corrected chi connectivity index (χ4v) is 12.2.